The number of carbonyl (C=O) groups is 7. The lowest BCUT2D eigenvalue weighted by molar-refractivity contribution is -0.143. The Kier molecular flexibility index (Phi) is 15.0. The number of amides is 4. The van der Waals surface area contributed by atoms with E-state index >= 15 is 0 Å². The monoisotopic (exact) mass is 546 g/mol. The Morgan fingerprint density at radius 3 is 1.68 bits per heavy atom. The number of aliphatic carboxylic acids is 3. The third kappa shape index (κ3) is 14.8. The molecule has 0 aromatic heterocycles. The second-order valence-corrected chi connectivity index (χ2v) is 8.11. The summed E-state index contributed by atoms with van der Waals surface area (Å²) in [7, 11) is 0. The zero-order valence-corrected chi connectivity index (χ0v) is 20.4. The van der Waals surface area contributed by atoms with Crippen molar-refractivity contribution >= 4 is 47.5 Å². The number of primary amides is 1. The molecule has 0 rings (SSSR count). The van der Waals surface area contributed by atoms with Crippen LogP contribution in [0.1, 0.15) is 44.9 Å². The second-order valence-electron chi connectivity index (χ2n) is 8.11. The molecule has 38 heavy (non-hydrogen) atoms. The summed E-state index contributed by atoms with van der Waals surface area (Å²) in [5.74, 6) is -8.30. The van der Waals surface area contributed by atoms with E-state index in [2.05, 4.69) is 15.6 Å². The molecule has 0 aromatic rings. The summed E-state index contributed by atoms with van der Waals surface area (Å²) < 4.78 is 0. The number of nitrogens with zero attached hydrogens (tertiary/aromatic N) is 1. The van der Waals surface area contributed by atoms with E-state index in [1.807, 2.05) is 5.32 Å². The Balaban J connectivity index is 5.65. The first-order valence-corrected chi connectivity index (χ1v) is 11.3. The number of guanidine groups is 1. The van der Waals surface area contributed by atoms with E-state index in [0.717, 1.165) is 0 Å². The van der Waals surface area contributed by atoms with E-state index in [1.165, 1.54) is 0 Å². The van der Waals surface area contributed by atoms with Gasteiger partial charge in [-0.2, -0.15) is 0 Å². The number of nitrogens with two attached hydrogens (primary N) is 4. The lowest BCUT2D eigenvalue weighted by Crippen LogP contribution is -2.57. The van der Waals surface area contributed by atoms with Crippen molar-refractivity contribution in [2.75, 3.05) is 6.54 Å². The molecule has 0 bridgehead atoms. The summed E-state index contributed by atoms with van der Waals surface area (Å²) in [6.07, 6.45) is -2.39. The predicted octanol–water partition coefficient (Wildman–Crippen LogP) is -4.49. The molecule has 0 saturated carbocycles. The quantitative estimate of drug-likeness (QED) is 0.0415. The topological polar surface area (TPSA) is 333 Å². The van der Waals surface area contributed by atoms with Crippen molar-refractivity contribution in [2.24, 2.45) is 27.9 Å². The normalized spacial score (nSPS) is 13.6. The molecule has 0 aliphatic rings. The van der Waals surface area contributed by atoms with Crippen LogP contribution in [0.15, 0.2) is 4.99 Å². The van der Waals surface area contributed by atoms with Crippen molar-refractivity contribution in [3.63, 3.8) is 0 Å². The van der Waals surface area contributed by atoms with E-state index in [-0.39, 0.29) is 31.8 Å². The van der Waals surface area contributed by atoms with E-state index in [0.29, 0.717) is 0 Å². The van der Waals surface area contributed by atoms with Gasteiger partial charge in [-0.05, 0) is 25.7 Å². The van der Waals surface area contributed by atoms with Gasteiger partial charge in [-0.25, -0.2) is 4.79 Å². The second kappa shape index (κ2) is 17.1. The maximum Gasteiger partial charge on any atom is 0.326 e. The van der Waals surface area contributed by atoms with E-state index in [9.17, 15) is 38.7 Å². The molecule has 0 fully saturated rings. The zero-order chi connectivity index (χ0) is 29.4. The average Bonchev–Trinajstić information content (AvgIpc) is 2.80. The highest BCUT2D eigenvalue weighted by molar-refractivity contribution is 5.96. The van der Waals surface area contributed by atoms with Crippen molar-refractivity contribution in [2.45, 2.75) is 69.1 Å². The highest BCUT2D eigenvalue weighted by Crippen LogP contribution is 2.05. The van der Waals surface area contributed by atoms with Gasteiger partial charge in [-0.3, -0.25) is 33.8 Å². The lowest BCUT2D eigenvalue weighted by Gasteiger charge is -2.24. The summed E-state index contributed by atoms with van der Waals surface area (Å²) in [5, 5.41) is 33.3. The Bertz CT molecular complexity index is 921. The van der Waals surface area contributed by atoms with Crippen LogP contribution in [0.25, 0.3) is 0 Å². The summed E-state index contributed by atoms with van der Waals surface area (Å²) in [6, 6.07) is -5.95. The van der Waals surface area contributed by atoms with Crippen LogP contribution < -0.4 is 38.9 Å². The van der Waals surface area contributed by atoms with Gasteiger partial charge in [0.15, 0.2) is 5.96 Å². The van der Waals surface area contributed by atoms with Gasteiger partial charge >= 0.3 is 17.9 Å². The van der Waals surface area contributed by atoms with Crippen molar-refractivity contribution in [3.05, 3.63) is 0 Å². The molecule has 14 N–H and O–H groups in total. The molecule has 4 amide bonds. The van der Waals surface area contributed by atoms with E-state index in [4.69, 9.17) is 33.1 Å². The fraction of sp³-hybridized carbons (Fsp3) is 0.600. The molecule has 0 aliphatic carbocycles. The fourth-order valence-corrected chi connectivity index (χ4v) is 2.94. The smallest absolute Gasteiger partial charge is 0.326 e. The van der Waals surface area contributed by atoms with Crippen LogP contribution >= 0.6 is 0 Å². The van der Waals surface area contributed by atoms with Crippen molar-refractivity contribution in [3.8, 4) is 0 Å². The van der Waals surface area contributed by atoms with Gasteiger partial charge in [0.1, 0.15) is 18.1 Å². The van der Waals surface area contributed by atoms with Gasteiger partial charge in [-0.1, -0.05) is 0 Å². The van der Waals surface area contributed by atoms with Crippen LogP contribution in [0.2, 0.25) is 0 Å². The molecule has 4 unspecified atom stereocenters. The summed E-state index contributed by atoms with van der Waals surface area (Å²) in [4.78, 5) is 86.1. The number of nitrogens with one attached hydrogen (secondary N) is 3. The minimum Gasteiger partial charge on any atom is -0.481 e. The number of rotatable bonds is 19. The van der Waals surface area contributed by atoms with Gasteiger partial charge in [0.2, 0.25) is 23.6 Å². The van der Waals surface area contributed by atoms with Gasteiger partial charge in [0.05, 0.1) is 12.5 Å². The van der Waals surface area contributed by atoms with Crippen molar-refractivity contribution in [1.29, 1.82) is 0 Å². The molecule has 0 aliphatic heterocycles. The van der Waals surface area contributed by atoms with Gasteiger partial charge in [0, 0.05) is 19.4 Å². The highest BCUT2D eigenvalue weighted by Gasteiger charge is 2.31. The predicted molar refractivity (Wildman–Crippen MR) is 129 cm³/mol. The van der Waals surface area contributed by atoms with Crippen molar-refractivity contribution in [1.82, 2.24) is 16.0 Å². The van der Waals surface area contributed by atoms with E-state index < -0.39 is 91.4 Å². The molecule has 18 nitrogen and oxygen atoms in total. The van der Waals surface area contributed by atoms with Gasteiger partial charge < -0.3 is 54.2 Å². The van der Waals surface area contributed by atoms with Gasteiger partial charge in [0.25, 0.3) is 0 Å². The molecule has 0 saturated heterocycles. The van der Waals surface area contributed by atoms with Crippen LogP contribution in [-0.4, -0.2) is 93.5 Å². The largest absolute Gasteiger partial charge is 0.481 e. The molecular weight excluding hydrogens is 512 g/mol. The number of carbonyl (C=O) groups excluding carboxylic acids is 4. The fourth-order valence-electron chi connectivity index (χ4n) is 2.94. The first kappa shape index (κ1) is 33.5. The van der Waals surface area contributed by atoms with Crippen LogP contribution in [0.4, 0.5) is 0 Å². The number of hydrogen-bond acceptors (Lipinski definition) is 9. The first-order chi connectivity index (χ1) is 17.6. The van der Waals surface area contributed by atoms with Crippen molar-refractivity contribution < 1.29 is 48.9 Å². The molecule has 0 radical (unpaired) electrons. The molecule has 18 heteroatoms. The van der Waals surface area contributed by atoms with Crippen LogP contribution in [-0.2, 0) is 33.6 Å². The molecule has 0 aromatic carbocycles. The Morgan fingerprint density at radius 2 is 1.18 bits per heavy atom. The maximum absolute atomic E-state index is 13.0. The molecular formula is C20H34N8O10. The lowest BCUT2D eigenvalue weighted by atomic mass is 10.1. The summed E-state index contributed by atoms with van der Waals surface area (Å²) >= 11 is 0. The number of carboxylic acids is 3. The summed E-state index contributed by atoms with van der Waals surface area (Å²) in [6.45, 7) is 0.0577. The maximum atomic E-state index is 13.0. The molecule has 214 valence electrons. The minimum absolute atomic E-state index is 0.0577. The molecule has 0 heterocycles. The number of hydrogen-bond donors (Lipinski definition) is 10. The molecule has 0 spiro atoms. The van der Waals surface area contributed by atoms with Crippen LogP contribution in [0.3, 0.4) is 0 Å². The standard InChI is InChI=1S/C20H34N8O10/c21-9(3-5-14(30)31)16(34)26-10(2-1-7-25-20(23)24)17(35)28-12(8-13(22)29)18(36)27-11(19(37)38)4-6-15(32)33/h9-12H,1-8,21H2,(H2,22,29)(H,26,34)(H,27,36)(H,28,35)(H,30,31)(H,32,33)(H,37,38)(H4,23,24,25). The number of aliphatic imine (C=N–C) groups is 1. The highest BCUT2D eigenvalue weighted by atomic mass is 16.4. The zero-order valence-electron chi connectivity index (χ0n) is 20.4. The summed E-state index contributed by atoms with van der Waals surface area (Å²) in [5.41, 5.74) is 21.3. The number of carboxylic acid groups (broad SMARTS) is 3. The Hall–Kier alpha value is -4.48. The van der Waals surface area contributed by atoms with Crippen LogP contribution in [0.5, 0.6) is 0 Å². The minimum atomic E-state index is -1.68. The average molecular weight is 547 g/mol. The Labute approximate surface area is 216 Å². The third-order valence-corrected chi connectivity index (χ3v) is 4.88. The first-order valence-electron chi connectivity index (χ1n) is 11.3. The molecule has 4 atom stereocenters. The Morgan fingerprint density at radius 1 is 0.684 bits per heavy atom. The van der Waals surface area contributed by atoms with E-state index in [1.54, 1.807) is 0 Å². The van der Waals surface area contributed by atoms with Gasteiger partial charge in [-0.15, -0.1) is 0 Å². The van der Waals surface area contributed by atoms with Crippen LogP contribution in [0, 0.1) is 0 Å². The third-order valence-electron chi connectivity index (χ3n) is 4.88. The SMILES string of the molecule is NC(=O)CC(NC(=O)C(CCCN=C(N)N)NC(=O)C(N)CCC(=O)O)C(=O)NC(CCC(=O)O)C(=O)O.